The van der Waals surface area contributed by atoms with Crippen molar-refractivity contribution in [2.75, 3.05) is 14.2 Å². The first-order valence-electron chi connectivity index (χ1n) is 4.17. The minimum Gasteiger partial charge on any atom is -0.496 e. The molecule has 1 aromatic carbocycles. The molecule has 0 unspecified atom stereocenters. The molecule has 0 heterocycles. The maximum absolute atomic E-state index is 5.21. The Morgan fingerprint density at radius 2 is 1.62 bits per heavy atom. The first-order valence-corrected chi connectivity index (χ1v) is 4.17. The van der Waals surface area contributed by atoms with Gasteiger partial charge in [-0.2, -0.15) is 0 Å². The Labute approximate surface area is 78.8 Å². The van der Waals surface area contributed by atoms with E-state index in [1.54, 1.807) is 14.2 Å². The van der Waals surface area contributed by atoms with Gasteiger partial charge < -0.3 is 9.47 Å². The third-order valence-electron chi connectivity index (χ3n) is 1.80. The lowest BCUT2D eigenvalue weighted by Gasteiger charge is -2.08. The molecule has 1 aromatic rings. The lowest BCUT2D eigenvalue weighted by Crippen LogP contribution is -1.91. The molecule has 0 bridgehead atoms. The van der Waals surface area contributed by atoms with Crippen LogP contribution in [0.4, 0.5) is 0 Å². The van der Waals surface area contributed by atoms with Crippen LogP contribution in [0.2, 0.25) is 0 Å². The van der Waals surface area contributed by atoms with E-state index in [9.17, 15) is 0 Å². The zero-order chi connectivity index (χ0) is 9.68. The fourth-order valence-corrected chi connectivity index (χ4v) is 1.21. The summed E-state index contributed by atoms with van der Waals surface area (Å²) in [7, 11) is 3.31. The largest absolute Gasteiger partial charge is 0.496 e. The number of hydrogen-bond acceptors (Lipinski definition) is 2. The van der Waals surface area contributed by atoms with Gasteiger partial charge in [0.15, 0.2) is 0 Å². The summed E-state index contributed by atoms with van der Waals surface area (Å²) in [5.41, 5.74) is 0.981. The van der Waals surface area contributed by atoms with Crippen LogP contribution in [0.25, 0.3) is 6.08 Å². The fraction of sp³-hybridized carbons (Fsp3) is 0.273. The van der Waals surface area contributed by atoms with Gasteiger partial charge in [0.1, 0.15) is 11.5 Å². The lowest BCUT2D eigenvalue weighted by atomic mass is 10.1. The predicted octanol–water partition coefficient (Wildman–Crippen LogP) is 2.74. The van der Waals surface area contributed by atoms with E-state index >= 15 is 0 Å². The average Bonchev–Trinajstić information content (AvgIpc) is 2.18. The average molecular weight is 178 g/mol. The highest BCUT2D eigenvalue weighted by atomic mass is 16.5. The summed E-state index contributed by atoms with van der Waals surface area (Å²) < 4.78 is 10.4. The van der Waals surface area contributed by atoms with Crippen LogP contribution in [0.5, 0.6) is 11.5 Å². The summed E-state index contributed by atoms with van der Waals surface area (Å²) in [4.78, 5) is 0. The van der Waals surface area contributed by atoms with Crippen LogP contribution < -0.4 is 9.47 Å². The van der Waals surface area contributed by atoms with Crippen molar-refractivity contribution in [3.05, 3.63) is 29.8 Å². The number of ether oxygens (including phenoxy) is 2. The molecule has 0 aliphatic carbocycles. The fourth-order valence-electron chi connectivity index (χ4n) is 1.21. The highest BCUT2D eigenvalue weighted by Crippen LogP contribution is 2.29. The van der Waals surface area contributed by atoms with Crippen molar-refractivity contribution in [3.8, 4) is 11.5 Å². The first-order chi connectivity index (χ1) is 6.33. The van der Waals surface area contributed by atoms with Crippen LogP contribution in [-0.4, -0.2) is 14.2 Å². The predicted molar refractivity (Wildman–Crippen MR) is 54.3 cm³/mol. The first kappa shape index (κ1) is 9.65. The molecular formula is C11H14O2. The Hall–Kier alpha value is -1.44. The summed E-state index contributed by atoms with van der Waals surface area (Å²) in [6.45, 7) is 1.96. The van der Waals surface area contributed by atoms with Crippen molar-refractivity contribution in [2.45, 2.75) is 6.92 Å². The van der Waals surface area contributed by atoms with Crippen LogP contribution in [0, 0.1) is 0 Å². The van der Waals surface area contributed by atoms with Gasteiger partial charge in [-0.1, -0.05) is 18.2 Å². The van der Waals surface area contributed by atoms with Gasteiger partial charge in [0, 0.05) is 0 Å². The molecule has 13 heavy (non-hydrogen) atoms. The Kier molecular flexibility index (Phi) is 3.38. The van der Waals surface area contributed by atoms with E-state index in [4.69, 9.17) is 9.47 Å². The van der Waals surface area contributed by atoms with E-state index in [2.05, 4.69) is 0 Å². The normalized spacial score (nSPS) is 10.4. The minimum absolute atomic E-state index is 0.831. The van der Waals surface area contributed by atoms with E-state index in [0.717, 1.165) is 17.1 Å². The molecule has 0 amide bonds. The van der Waals surface area contributed by atoms with Crippen molar-refractivity contribution in [3.63, 3.8) is 0 Å². The highest BCUT2D eigenvalue weighted by molar-refractivity contribution is 5.64. The number of hydrogen-bond donors (Lipinski definition) is 0. The van der Waals surface area contributed by atoms with Crippen molar-refractivity contribution in [1.29, 1.82) is 0 Å². The molecule has 70 valence electrons. The quantitative estimate of drug-likeness (QED) is 0.708. The Balaban J connectivity index is 3.21. The second-order valence-electron chi connectivity index (χ2n) is 2.58. The highest BCUT2D eigenvalue weighted by Gasteiger charge is 2.04. The summed E-state index contributed by atoms with van der Waals surface area (Å²) >= 11 is 0. The van der Waals surface area contributed by atoms with Gasteiger partial charge in [-0.05, 0) is 19.1 Å². The Bertz CT molecular complexity index is 281. The molecule has 0 atom stereocenters. The van der Waals surface area contributed by atoms with E-state index < -0.39 is 0 Å². The van der Waals surface area contributed by atoms with Crippen molar-refractivity contribution >= 4 is 6.08 Å². The topological polar surface area (TPSA) is 18.5 Å². The van der Waals surface area contributed by atoms with Crippen molar-refractivity contribution in [1.82, 2.24) is 0 Å². The van der Waals surface area contributed by atoms with Gasteiger partial charge >= 0.3 is 0 Å². The maximum Gasteiger partial charge on any atom is 0.129 e. The molecule has 0 aromatic heterocycles. The molecule has 0 fully saturated rings. The van der Waals surface area contributed by atoms with Gasteiger partial charge in [-0.25, -0.2) is 0 Å². The standard InChI is InChI=1S/C11H14O2/c1-4-6-9-10(12-2)7-5-8-11(9)13-3/h4-8H,1-3H3/b6-4+. The van der Waals surface area contributed by atoms with Crippen LogP contribution in [0.15, 0.2) is 24.3 Å². The molecule has 0 aliphatic heterocycles. The second kappa shape index (κ2) is 4.55. The molecule has 0 saturated carbocycles. The summed E-state index contributed by atoms with van der Waals surface area (Å²) in [5.74, 6) is 1.66. The third kappa shape index (κ3) is 2.02. The van der Waals surface area contributed by atoms with E-state index in [1.165, 1.54) is 0 Å². The maximum atomic E-state index is 5.21. The van der Waals surface area contributed by atoms with Gasteiger partial charge in [-0.3, -0.25) is 0 Å². The molecule has 0 N–H and O–H groups in total. The van der Waals surface area contributed by atoms with Crippen LogP contribution in [0.3, 0.4) is 0 Å². The third-order valence-corrected chi connectivity index (χ3v) is 1.80. The van der Waals surface area contributed by atoms with Crippen LogP contribution in [-0.2, 0) is 0 Å². The monoisotopic (exact) mass is 178 g/mol. The SMILES string of the molecule is C/C=C/c1c(OC)cccc1OC. The number of methoxy groups -OCH3 is 2. The van der Waals surface area contributed by atoms with E-state index in [-0.39, 0.29) is 0 Å². The molecule has 1 rings (SSSR count). The summed E-state index contributed by atoms with van der Waals surface area (Å²) in [6.07, 6.45) is 3.93. The summed E-state index contributed by atoms with van der Waals surface area (Å²) in [5, 5.41) is 0. The van der Waals surface area contributed by atoms with Crippen LogP contribution >= 0.6 is 0 Å². The van der Waals surface area contributed by atoms with Gasteiger partial charge in [-0.15, -0.1) is 0 Å². The summed E-state index contributed by atoms with van der Waals surface area (Å²) in [6, 6.07) is 5.74. The van der Waals surface area contributed by atoms with Crippen LogP contribution in [0.1, 0.15) is 12.5 Å². The minimum atomic E-state index is 0.831. The Morgan fingerprint density at radius 1 is 1.08 bits per heavy atom. The second-order valence-corrected chi connectivity index (χ2v) is 2.58. The number of rotatable bonds is 3. The molecular weight excluding hydrogens is 164 g/mol. The van der Waals surface area contributed by atoms with E-state index in [0.29, 0.717) is 0 Å². The van der Waals surface area contributed by atoms with Gasteiger partial charge in [0.25, 0.3) is 0 Å². The molecule has 2 heteroatoms. The van der Waals surface area contributed by atoms with Gasteiger partial charge in [0.2, 0.25) is 0 Å². The van der Waals surface area contributed by atoms with Crippen molar-refractivity contribution < 1.29 is 9.47 Å². The van der Waals surface area contributed by atoms with Crippen molar-refractivity contribution in [2.24, 2.45) is 0 Å². The number of allylic oxidation sites excluding steroid dienone is 1. The number of benzene rings is 1. The molecule has 2 nitrogen and oxygen atoms in total. The molecule has 0 saturated heterocycles. The lowest BCUT2D eigenvalue weighted by molar-refractivity contribution is 0.392. The smallest absolute Gasteiger partial charge is 0.129 e. The zero-order valence-corrected chi connectivity index (χ0v) is 8.20. The van der Waals surface area contributed by atoms with Gasteiger partial charge in [0.05, 0.1) is 19.8 Å². The molecule has 0 aliphatic rings. The zero-order valence-electron chi connectivity index (χ0n) is 8.20. The molecule has 0 radical (unpaired) electrons. The molecule has 0 spiro atoms. The Morgan fingerprint density at radius 3 is 2.00 bits per heavy atom. The van der Waals surface area contributed by atoms with E-state index in [1.807, 2.05) is 37.3 Å².